The van der Waals surface area contributed by atoms with E-state index in [4.69, 9.17) is 4.74 Å². The number of carbonyl (C=O) groups is 2. The van der Waals surface area contributed by atoms with Gasteiger partial charge in [-0.05, 0) is 23.3 Å². The predicted octanol–water partition coefficient (Wildman–Crippen LogP) is 3.21. The second-order valence-electron chi connectivity index (χ2n) is 6.90. The van der Waals surface area contributed by atoms with Crippen molar-refractivity contribution in [2.24, 2.45) is 5.10 Å². The Morgan fingerprint density at radius 1 is 1.17 bits per heavy atom. The van der Waals surface area contributed by atoms with Gasteiger partial charge in [-0.15, -0.1) is 0 Å². The number of hydrogen-bond donors (Lipinski definition) is 0. The minimum Gasteiger partial charge on any atom is -0.494 e. The van der Waals surface area contributed by atoms with Crippen molar-refractivity contribution >= 4 is 17.5 Å². The summed E-state index contributed by atoms with van der Waals surface area (Å²) in [5.74, 6) is -0.661. The maximum absolute atomic E-state index is 13.8. The van der Waals surface area contributed by atoms with E-state index >= 15 is 0 Å². The predicted molar refractivity (Wildman–Crippen MR) is 108 cm³/mol. The Bertz CT molecular complexity index is 915. The lowest BCUT2D eigenvalue weighted by Crippen LogP contribution is -2.29. The average molecular weight is 397 g/mol. The number of benzene rings is 2. The number of nitrogens with zero attached hydrogens (tertiary/aromatic N) is 3. The molecule has 1 heterocycles. The number of methoxy groups -OCH3 is 1. The van der Waals surface area contributed by atoms with Crippen LogP contribution in [0.5, 0.6) is 5.75 Å². The lowest BCUT2D eigenvalue weighted by Gasteiger charge is -2.18. The molecule has 0 fully saturated rings. The van der Waals surface area contributed by atoms with Gasteiger partial charge >= 0.3 is 0 Å². The van der Waals surface area contributed by atoms with Crippen molar-refractivity contribution < 1.29 is 18.7 Å². The summed E-state index contributed by atoms with van der Waals surface area (Å²) in [4.78, 5) is 26.3. The quantitative estimate of drug-likeness (QED) is 0.721. The maximum Gasteiger partial charge on any atom is 0.243 e. The highest BCUT2D eigenvalue weighted by atomic mass is 19.1. The smallest absolute Gasteiger partial charge is 0.243 e. The molecular formula is C22H24FN3O3. The van der Waals surface area contributed by atoms with Crippen LogP contribution < -0.4 is 4.74 Å². The van der Waals surface area contributed by atoms with Crippen LogP contribution in [0.25, 0.3) is 0 Å². The van der Waals surface area contributed by atoms with Gasteiger partial charge in [-0.2, -0.15) is 5.10 Å². The van der Waals surface area contributed by atoms with Gasteiger partial charge in [-0.25, -0.2) is 9.40 Å². The number of rotatable bonds is 7. The van der Waals surface area contributed by atoms with Gasteiger partial charge in [0.2, 0.25) is 11.8 Å². The van der Waals surface area contributed by atoms with Crippen LogP contribution in [0.4, 0.5) is 4.39 Å². The molecule has 0 atom stereocenters. The van der Waals surface area contributed by atoms with Crippen molar-refractivity contribution in [1.82, 2.24) is 9.91 Å². The van der Waals surface area contributed by atoms with Crippen LogP contribution in [0.3, 0.4) is 0 Å². The summed E-state index contributed by atoms with van der Waals surface area (Å²) in [6, 6.07) is 14.3. The number of amides is 2. The Labute approximate surface area is 169 Å². The zero-order valence-corrected chi connectivity index (χ0v) is 16.6. The molecule has 0 bridgehead atoms. The molecule has 0 aliphatic carbocycles. The maximum atomic E-state index is 13.8. The van der Waals surface area contributed by atoms with E-state index in [1.54, 1.807) is 13.1 Å². The van der Waals surface area contributed by atoms with Gasteiger partial charge in [-0.1, -0.05) is 36.4 Å². The van der Waals surface area contributed by atoms with Crippen molar-refractivity contribution in [1.29, 1.82) is 0 Å². The Hall–Kier alpha value is -3.22. The molecule has 0 saturated carbocycles. The summed E-state index contributed by atoms with van der Waals surface area (Å²) in [5.41, 5.74) is 2.54. The summed E-state index contributed by atoms with van der Waals surface area (Å²) in [5, 5.41) is 5.84. The number of halogens is 1. The minimum atomic E-state index is -0.470. The summed E-state index contributed by atoms with van der Waals surface area (Å²) in [7, 11) is 3.04. The lowest BCUT2D eigenvalue weighted by atomic mass is 10.1. The summed E-state index contributed by atoms with van der Waals surface area (Å²) in [6.45, 7) is 0.784. The third-order valence-corrected chi connectivity index (χ3v) is 4.81. The molecule has 0 saturated heterocycles. The second-order valence-corrected chi connectivity index (χ2v) is 6.90. The normalized spacial score (nSPS) is 13.2. The van der Waals surface area contributed by atoms with Crippen LogP contribution in [-0.2, 0) is 16.1 Å². The van der Waals surface area contributed by atoms with Gasteiger partial charge in [0.15, 0.2) is 11.6 Å². The first-order valence-corrected chi connectivity index (χ1v) is 9.47. The van der Waals surface area contributed by atoms with Crippen LogP contribution in [-0.4, -0.2) is 48.1 Å². The molecule has 152 valence electrons. The monoisotopic (exact) mass is 397 g/mol. The topological polar surface area (TPSA) is 62.2 Å². The van der Waals surface area contributed by atoms with E-state index in [-0.39, 0.29) is 37.0 Å². The summed E-state index contributed by atoms with van der Waals surface area (Å²) < 4.78 is 18.7. The molecule has 2 aromatic rings. The molecule has 29 heavy (non-hydrogen) atoms. The zero-order chi connectivity index (χ0) is 20.8. The van der Waals surface area contributed by atoms with Crippen molar-refractivity contribution in [2.75, 3.05) is 20.7 Å². The molecule has 0 aromatic heterocycles. The van der Waals surface area contributed by atoms with Crippen LogP contribution in [0, 0.1) is 5.82 Å². The summed E-state index contributed by atoms with van der Waals surface area (Å²) >= 11 is 0. The van der Waals surface area contributed by atoms with Crippen molar-refractivity contribution in [3.63, 3.8) is 0 Å². The fraction of sp³-hybridized carbons (Fsp3) is 0.318. The highest BCUT2D eigenvalue weighted by molar-refractivity contribution is 6.02. The fourth-order valence-corrected chi connectivity index (χ4v) is 3.17. The molecule has 1 aliphatic rings. The van der Waals surface area contributed by atoms with E-state index in [1.807, 2.05) is 30.3 Å². The lowest BCUT2D eigenvalue weighted by molar-refractivity contribution is -0.136. The Kier molecular flexibility index (Phi) is 6.59. The summed E-state index contributed by atoms with van der Waals surface area (Å²) in [6.07, 6.45) is 0.874. The largest absolute Gasteiger partial charge is 0.494 e. The number of ether oxygens (including phenoxy) is 1. The number of hydrogen-bond acceptors (Lipinski definition) is 4. The van der Waals surface area contributed by atoms with Gasteiger partial charge in [0.1, 0.15) is 0 Å². The number of carbonyl (C=O) groups excluding carboxylic acids is 2. The van der Waals surface area contributed by atoms with Crippen LogP contribution in [0.1, 0.15) is 30.4 Å². The van der Waals surface area contributed by atoms with E-state index in [0.29, 0.717) is 18.5 Å². The van der Waals surface area contributed by atoms with Crippen LogP contribution >= 0.6 is 0 Å². The van der Waals surface area contributed by atoms with Crippen molar-refractivity contribution in [3.8, 4) is 5.75 Å². The highest BCUT2D eigenvalue weighted by Gasteiger charge is 2.22. The molecule has 2 aromatic carbocycles. The number of hydrazone groups is 1. The molecule has 0 unspecified atom stereocenters. The Morgan fingerprint density at radius 3 is 2.62 bits per heavy atom. The van der Waals surface area contributed by atoms with E-state index in [0.717, 1.165) is 11.3 Å². The molecular weight excluding hydrogens is 373 g/mol. The molecule has 0 spiro atoms. The van der Waals surface area contributed by atoms with E-state index in [1.165, 1.54) is 29.2 Å². The van der Waals surface area contributed by atoms with Gasteiger partial charge in [0.25, 0.3) is 0 Å². The third-order valence-electron chi connectivity index (χ3n) is 4.81. The Balaban J connectivity index is 1.50. The van der Waals surface area contributed by atoms with Gasteiger partial charge in [-0.3, -0.25) is 9.59 Å². The average Bonchev–Trinajstić information content (AvgIpc) is 3.23. The minimum absolute atomic E-state index is 0.0840. The van der Waals surface area contributed by atoms with Crippen LogP contribution in [0.15, 0.2) is 53.6 Å². The van der Waals surface area contributed by atoms with E-state index in [2.05, 4.69) is 5.10 Å². The molecule has 3 rings (SSSR count). The van der Waals surface area contributed by atoms with Crippen molar-refractivity contribution in [2.45, 2.75) is 25.8 Å². The first-order chi connectivity index (χ1) is 14.0. The standard InChI is InChI=1S/C22H24FN3O3/c1-25(15-16-8-9-20(29-2)18(23)14-16)21(27)10-11-22(28)26-13-12-19(24-26)17-6-4-3-5-7-17/h3-9,14H,10-13,15H2,1-2H3. The first-order valence-electron chi connectivity index (χ1n) is 9.47. The van der Waals surface area contributed by atoms with E-state index < -0.39 is 5.82 Å². The molecule has 0 radical (unpaired) electrons. The van der Waals surface area contributed by atoms with Gasteiger partial charge < -0.3 is 9.64 Å². The SMILES string of the molecule is COc1ccc(CN(C)C(=O)CCC(=O)N2CCC(c3ccccc3)=N2)cc1F. The van der Waals surface area contributed by atoms with Crippen LogP contribution in [0.2, 0.25) is 0 Å². The Morgan fingerprint density at radius 2 is 1.93 bits per heavy atom. The molecule has 1 aliphatic heterocycles. The fourth-order valence-electron chi connectivity index (χ4n) is 3.17. The highest BCUT2D eigenvalue weighted by Crippen LogP contribution is 2.19. The third kappa shape index (κ3) is 5.19. The van der Waals surface area contributed by atoms with Gasteiger partial charge in [0.05, 0.1) is 19.4 Å². The molecule has 6 nitrogen and oxygen atoms in total. The second kappa shape index (κ2) is 9.32. The zero-order valence-electron chi connectivity index (χ0n) is 16.6. The van der Waals surface area contributed by atoms with Crippen molar-refractivity contribution in [3.05, 3.63) is 65.5 Å². The molecule has 0 N–H and O–H groups in total. The first kappa shape index (κ1) is 20.5. The molecule has 2 amide bonds. The molecule has 7 heteroatoms. The van der Waals surface area contributed by atoms with Gasteiger partial charge in [0, 0.05) is 32.9 Å². The van der Waals surface area contributed by atoms with E-state index in [9.17, 15) is 14.0 Å².